The molecule has 2 aromatic heterocycles. The average Bonchev–Trinajstić information content (AvgIpc) is 3.64. The number of hydrogen-bond acceptors (Lipinski definition) is 2. The normalized spacial score (nSPS) is 12.1. The van der Waals surface area contributed by atoms with Gasteiger partial charge in [0.2, 0.25) is 0 Å². The number of allylic oxidation sites excluding steroid dienone is 1. The first kappa shape index (κ1) is 25.6. The Hall–Kier alpha value is -5.86. The minimum atomic E-state index is 0.833. The molecule has 2 heterocycles. The van der Waals surface area contributed by atoms with Gasteiger partial charge in [-0.2, -0.15) is 0 Å². The zero-order valence-corrected chi connectivity index (χ0v) is 24.8. The molecule has 0 unspecified atom stereocenters. The fraction of sp³-hybridized carbons (Fsp3) is 0.0233. The van der Waals surface area contributed by atoms with E-state index in [1.54, 1.807) is 0 Å². The first-order valence-corrected chi connectivity index (χ1v) is 15.3. The van der Waals surface area contributed by atoms with Crippen molar-refractivity contribution >= 4 is 77.4 Å². The van der Waals surface area contributed by atoms with Gasteiger partial charge in [0.25, 0.3) is 0 Å². The molecular weight excluding hydrogens is 548 g/mol. The Morgan fingerprint density at radius 1 is 0.511 bits per heavy atom. The van der Waals surface area contributed by atoms with Crippen molar-refractivity contribution in [3.8, 4) is 22.3 Å². The molecule has 0 aliphatic rings. The maximum Gasteiger partial charge on any atom is 0.143 e. The molecule has 0 N–H and O–H groups in total. The van der Waals surface area contributed by atoms with Gasteiger partial charge in [-0.1, -0.05) is 110 Å². The van der Waals surface area contributed by atoms with Crippen LogP contribution in [0.4, 0.5) is 0 Å². The van der Waals surface area contributed by atoms with Gasteiger partial charge < -0.3 is 8.83 Å². The second-order valence-electron chi connectivity index (χ2n) is 11.6. The van der Waals surface area contributed by atoms with Gasteiger partial charge in [-0.3, -0.25) is 0 Å². The highest BCUT2D eigenvalue weighted by Gasteiger charge is 2.19. The summed E-state index contributed by atoms with van der Waals surface area (Å²) in [5, 5.41) is 10.5. The second kappa shape index (κ2) is 9.83. The SMILES string of the molecule is C=Cc1c(/C=C\C)oc2ccc(-c3c4ccccc4c(-c4ccc5oc6c7ccccc7ccc6c5c4)c4ccccc34)cc12. The van der Waals surface area contributed by atoms with Crippen LogP contribution in [0.5, 0.6) is 0 Å². The predicted molar refractivity (Wildman–Crippen MR) is 192 cm³/mol. The molecule has 0 spiro atoms. The molecule has 0 saturated heterocycles. The Balaban J connectivity index is 1.33. The minimum Gasteiger partial charge on any atom is -0.456 e. The van der Waals surface area contributed by atoms with Crippen LogP contribution in [-0.2, 0) is 0 Å². The van der Waals surface area contributed by atoms with E-state index in [2.05, 4.69) is 128 Å². The van der Waals surface area contributed by atoms with Gasteiger partial charge in [-0.05, 0) is 92.5 Å². The Morgan fingerprint density at radius 3 is 1.67 bits per heavy atom. The minimum absolute atomic E-state index is 0.833. The monoisotopic (exact) mass is 576 g/mol. The number of furan rings is 2. The van der Waals surface area contributed by atoms with Gasteiger partial charge in [0.1, 0.15) is 22.5 Å². The Labute approximate surface area is 260 Å². The molecule has 0 radical (unpaired) electrons. The molecule has 2 heteroatoms. The summed E-state index contributed by atoms with van der Waals surface area (Å²) in [7, 11) is 0. The van der Waals surface area contributed by atoms with Gasteiger partial charge in [-0.15, -0.1) is 0 Å². The fourth-order valence-corrected chi connectivity index (χ4v) is 7.19. The summed E-state index contributed by atoms with van der Waals surface area (Å²) in [6.07, 6.45) is 5.89. The van der Waals surface area contributed by atoms with E-state index in [4.69, 9.17) is 8.83 Å². The molecule has 0 atom stereocenters. The van der Waals surface area contributed by atoms with Crippen LogP contribution >= 0.6 is 0 Å². The van der Waals surface area contributed by atoms with E-state index in [0.29, 0.717) is 0 Å². The van der Waals surface area contributed by atoms with Gasteiger partial charge >= 0.3 is 0 Å². The molecule has 9 rings (SSSR count). The molecule has 0 aliphatic heterocycles. The Morgan fingerprint density at radius 2 is 1.07 bits per heavy atom. The van der Waals surface area contributed by atoms with Gasteiger partial charge in [-0.25, -0.2) is 0 Å². The molecule has 0 bridgehead atoms. The molecule has 7 aromatic carbocycles. The van der Waals surface area contributed by atoms with Crippen molar-refractivity contribution in [2.45, 2.75) is 6.92 Å². The van der Waals surface area contributed by atoms with Crippen molar-refractivity contribution in [1.29, 1.82) is 0 Å². The maximum atomic E-state index is 6.46. The molecule has 0 fully saturated rings. The van der Waals surface area contributed by atoms with E-state index in [1.165, 1.54) is 43.6 Å². The second-order valence-corrected chi connectivity index (χ2v) is 11.6. The lowest BCUT2D eigenvalue weighted by atomic mass is 9.85. The Bertz CT molecular complexity index is 2620. The third-order valence-corrected chi connectivity index (χ3v) is 9.15. The van der Waals surface area contributed by atoms with Crippen molar-refractivity contribution in [2.75, 3.05) is 0 Å². The first-order valence-electron chi connectivity index (χ1n) is 15.3. The number of fused-ring (bicyclic) bond motifs is 8. The summed E-state index contributed by atoms with van der Waals surface area (Å²) >= 11 is 0. The molecule has 0 aliphatic carbocycles. The number of rotatable bonds is 4. The smallest absolute Gasteiger partial charge is 0.143 e. The molecule has 0 saturated carbocycles. The van der Waals surface area contributed by atoms with Crippen LogP contribution in [-0.4, -0.2) is 0 Å². The van der Waals surface area contributed by atoms with Crippen LogP contribution in [0.1, 0.15) is 18.2 Å². The van der Waals surface area contributed by atoms with E-state index in [9.17, 15) is 0 Å². The fourth-order valence-electron chi connectivity index (χ4n) is 7.19. The predicted octanol–water partition coefficient (Wildman–Crippen LogP) is 12.8. The number of benzene rings is 7. The lowest BCUT2D eigenvalue weighted by Crippen LogP contribution is -1.91. The molecule has 0 amide bonds. The van der Waals surface area contributed by atoms with E-state index >= 15 is 0 Å². The first-order chi connectivity index (χ1) is 22.2. The lowest BCUT2D eigenvalue weighted by molar-refractivity contribution is 0.603. The van der Waals surface area contributed by atoms with Crippen molar-refractivity contribution in [3.63, 3.8) is 0 Å². The maximum absolute atomic E-state index is 6.46. The summed E-state index contributed by atoms with van der Waals surface area (Å²) in [4.78, 5) is 0. The molecule has 45 heavy (non-hydrogen) atoms. The van der Waals surface area contributed by atoms with Crippen molar-refractivity contribution in [3.05, 3.63) is 145 Å². The highest BCUT2D eigenvalue weighted by atomic mass is 16.3. The van der Waals surface area contributed by atoms with Crippen LogP contribution in [0.2, 0.25) is 0 Å². The molecular formula is C43H28O2. The highest BCUT2D eigenvalue weighted by molar-refractivity contribution is 6.23. The van der Waals surface area contributed by atoms with Crippen molar-refractivity contribution in [1.82, 2.24) is 0 Å². The van der Waals surface area contributed by atoms with Crippen LogP contribution in [0.15, 0.2) is 143 Å². The van der Waals surface area contributed by atoms with Gasteiger partial charge in [0.05, 0.1) is 0 Å². The summed E-state index contributed by atoms with van der Waals surface area (Å²) in [5.74, 6) is 0.833. The summed E-state index contributed by atoms with van der Waals surface area (Å²) in [5.41, 5.74) is 8.50. The topological polar surface area (TPSA) is 26.3 Å². The van der Waals surface area contributed by atoms with Crippen LogP contribution in [0.25, 0.3) is 99.6 Å². The molecule has 212 valence electrons. The summed E-state index contributed by atoms with van der Waals surface area (Å²) in [6.45, 7) is 6.09. The highest BCUT2D eigenvalue weighted by Crippen LogP contribution is 2.46. The third-order valence-electron chi connectivity index (χ3n) is 9.15. The zero-order valence-electron chi connectivity index (χ0n) is 24.8. The third kappa shape index (κ3) is 3.76. The zero-order chi connectivity index (χ0) is 30.1. The van der Waals surface area contributed by atoms with E-state index in [1.807, 2.05) is 25.2 Å². The quantitative estimate of drug-likeness (QED) is 0.195. The summed E-state index contributed by atoms with van der Waals surface area (Å²) < 4.78 is 12.7. The van der Waals surface area contributed by atoms with E-state index in [0.717, 1.165) is 55.2 Å². The van der Waals surface area contributed by atoms with Gasteiger partial charge in [0.15, 0.2) is 0 Å². The molecule has 9 aromatic rings. The lowest BCUT2D eigenvalue weighted by Gasteiger charge is -2.18. The van der Waals surface area contributed by atoms with Crippen LogP contribution in [0, 0.1) is 0 Å². The number of hydrogen-bond donors (Lipinski definition) is 0. The average molecular weight is 577 g/mol. The van der Waals surface area contributed by atoms with E-state index < -0.39 is 0 Å². The standard InChI is InChI=1S/C43H28O2/c1-3-11-38-29(4-2)36-24-27(19-22-39(36)44-38)41-31-14-7-9-16-33(31)42(34-17-10-8-15-32(34)41)28-20-23-40-37(25-28)35-21-18-26-12-5-6-13-30(26)43(35)45-40/h3-25H,2H2,1H3/b11-3-. The van der Waals surface area contributed by atoms with Crippen LogP contribution < -0.4 is 0 Å². The van der Waals surface area contributed by atoms with Crippen molar-refractivity contribution < 1.29 is 8.83 Å². The largest absolute Gasteiger partial charge is 0.456 e. The van der Waals surface area contributed by atoms with Crippen molar-refractivity contribution in [2.24, 2.45) is 0 Å². The van der Waals surface area contributed by atoms with Gasteiger partial charge in [0, 0.05) is 27.1 Å². The Kier molecular flexibility index (Phi) is 5.60. The van der Waals surface area contributed by atoms with Crippen LogP contribution in [0.3, 0.4) is 0 Å². The van der Waals surface area contributed by atoms with E-state index in [-0.39, 0.29) is 0 Å². The molecule has 2 nitrogen and oxygen atoms in total. The summed E-state index contributed by atoms with van der Waals surface area (Å²) in [6, 6.07) is 43.5.